The third-order valence-electron chi connectivity index (χ3n) is 2.90. The molecule has 1 aromatic carbocycles. The highest BCUT2D eigenvalue weighted by atomic mass is 35.5. The van der Waals surface area contributed by atoms with E-state index in [-0.39, 0.29) is 5.97 Å². The maximum absolute atomic E-state index is 11.9. The van der Waals surface area contributed by atoms with E-state index in [1.54, 1.807) is 32.9 Å². The number of imidazole rings is 1. The molecular weight excluding hydrogens is 287 g/mol. The molecule has 0 aliphatic carbocycles. The molecule has 1 aromatic heterocycles. The quantitative estimate of drug-likeness (QED) is 0.879. The smallest absolute Gasteiger partial charge is 0.319 e. The zero-order valence-corrected chi connectivity index (χ0v) is 12.4. The van der Waals surface area contributed by atoms with Crippen molar-refractivity contribution in [2.24, 2.45) is 0 Å². The number of nitrogens with one attached hydrogen (secondary N) is 1. The minimum Gasteiger partial charge on any atom is -0.465 e. The fourth-order valence-electron chi connectivity index (χ4n) is 1.71. The standard InChI is InChI=1S/C13H14Cl2N2O2/c1-4-19-12(18)13(2,3)11-16-9-5-7(14)8(15)6-10(9)17-11/h5-6H,4H2,1-3H3,(H,16,17). The number of carbonyl (C=O) groups excluding carboxylic acids is 1. The largest absolute Gasteiger partial charge is 0.465 e. The fraction of sp³-hybridized carbons (Fsp3) is 0.385. The molecule has 0 bridgehead atoms. The number of nitrogens with zero attached hydrogens (tertiary/aromatic N) is 1. The molecule has 6 heteroatoms. The summed E-state index contributed by atoms with van der Waals surface area (Å²) in [6, 6.07) is 3.36. The average Bonchev–Trinajstić information content (AvgIpc) is 2.73. The highest BCUT2D eigenvalue weighted by Gasteiger charge is 2.34. The Bertz CT molecular complexity index is 596. The Morgan fingerprint density at radius 1 is 1.37 bits per heavy atom. The van der Waals surface area contributed by atoms with Gasteiger partial charge in [-0.1, -0.05) is 23.2 Å². The summed E-state index contributed by atoms with van der Waals surface area (Å²) in [6.45, 7) is 5.62. The van der Waals surface area contributed by atoms with Crippen molar-refractivity contribution in [3.05, 3.63) is 28.0 Å². The van der Waals surface area contributed by atoms with Gasteiger partial charge in [0.2, 0.25) is 0 Å². The van der Waals surface area contributed by atoms with E-state index in [4.69, 9.17) is 27.9 Å². The lowest BCUT2D eigenvalue weighted by atomic mass is 9.93. The summed E-state index contributed by atoms with van der Waals surface area (Å²) in [4.78, 5) is 19.4. The van der Waals surface area contributed by atoms with Crippen molar-refractivity contribution in [1.29, 1.82) is 0 Å². The van der Waals surface area contributed by atoms with Crippen LogP contribution in [0.5, 0.6) is 0 Å². The third-order valence-corrected chi connectivity index (χ3v) is 3.62. The molecule has 0 amide bonds. The number of H-pyrrole nitrogens is 1. The van der Waals surface area contributed by atoms with Crippen molar-refractivity contribution in [3.8, 4) is 0 Å². The van der Waals surface area contributed by atoms with E-state index >= 15 is 0 Å². The van der Waals surface area contributed by atoms with Gasteiger partial charge in [0, 0.05) is 0 Å². The molecule has 0 fully saturated rings. The predicted molar refractivity (Wildman–Crippen MR) is 75.8 cm³/mol. The van der Waals surface area contributed by atoms with Crippen LogP contribution >= 0.6 is 23.2 Å². The zero-order valence-electron chi connectivity index (χ0n) is 10.9. The zero-order chi connectivity index (χ0) is 14.2. The van der Waals surface area contributed by atoms with E-state index in [0.29, 0.717) is 28.0 Å². The first-order valence-corrected chi connectivity index (χ1v) is 6.64. The normalized spacial score (nSPS) is 11.8. The van der Waals surface area contributed by atoms with Crippen LogP contribution in [-0.2, 0) is 14.9 Å². The van der Waals surface area contributed by atoms with Gasteiger partial charge in [-0.05, 0) is 32.9 Å². The monoisotopic (exact) mass is 300 g/mol. The summed E-state index contributed by atoms with van der Waals surface area (Å²) in [5.41, 5.74) is 0.553. The van der Waals surface area contributed by atoms with Gasteiger partial charge in [0.25, 0.3) is 0 Å². The molecule has 2 rings (SSSR count). The minimum absolute atomic E-state index is 0.328. The van der Waals surface area contributed by atoms with Crippen molar-refractivity contribution < 1.29 is 9.53 Å². The second kappa shape index (κ2) is 5.02. The van der Waals surface area contributed by atoms with E-state index in [1.807, 2.05) is 0 Å². The van der Waals surface area contributed by atoms with Crippen molar-refractivity contribution in [1.82, 2.24) is 9.97 Å². The lowest BCUT2D eigenvalue weighted by molar-refractivity contribution is -0.149. The molecule has 0 aliphatic heterocycles. The lowest BCUT2D eigenvalue weighted by Gasteiger charge is -2.19. The maximum Gasteiger partial charge on any atom is 0.319 e. The number of carbonyl (C=O) groups is 1. The number of ether oxygens (including phenoxy) is 1. The summed E-state index contributed by atoms with van der Waals surface area (Å²) in [5, 5.41) is 0.875. The Hall–Kier alpha value is -1.26. The first kappa shape index (κ1) is 14.2. The van der Waals surface area contributed by atoms with E-state index in [2.05, 4.69) is 9.97 Å². The van der Waals surface area contributed by atoms with E-state index < -0.39 is 5.41 Å². The molecule has 0 saturated heterocycles. The van der Waals surface area contributed by atoms with Crippen LogP contribution in [0.2, 0.25) is 10.0 Å². The number of aromatic amines is 1. The van der Waals surface area contributed by atoms with Gasteiger partial charge < -0.3 is 9.72 Å². The summed E-state index contributed by atoms with van der Waals surface area (Å²) >= 11 is 11.9. The Kier molecular flexibility index (Phi) is 3.74. The van der Waals surface area contributed by atoms with Crippen molar-refractivity contribution in [2.75, 3.05) is 6.61 Å². The van der Waals surface area contributed by atoms with Crippen LogP contribution in [0.4, 0.5) is 0 Å². The third kappa shape index (κ3) is 2.55. The van der Waals surface area contributed by atoms with Crippen LogP contribution in [0, 0.1) is 0 Å². The molecule has 19 heavy (non-hydrogen) atoms. The van der Waals surface area contributed by atoms with Crippen LogP contribution in [0.3, 0.4) is 0 Å². The molecule has 2 aromatic rings. The molecule has 0 radical (unpaired) electrons. The number of benzene rings is 1. The maximum atomic E-state index is 11.9. The van der Waals surface area contributed by atoms with Crippen LogP contribution < -0.4 is 0 Å². The van der Waals surface area contributed by atoms with Crippen molar-refractivity contribution in [2.45, 2.75) is 26.2 Å². The van der Waals surface area contributed by atoms with Gasteiger partial charge in [-0.15, -0.1) is 0 Å². The second-order valence-electron chi connectivity index (χ2n) is 4.71. The number of hydrogen-bond acceptors (Lipinski definition) is 3. The van der Waals surface area contributed by atoms with Gasteiger partial charge in [-0.25, -0.2) is 4.98 Å². The van der Waals surface area contributed by atoms with Gasteiger partial charge in [0.15, 0.2) is 0 Å². The Morgan fingerprint density at radius 2 is 2.00 bits per heavy atom. The average molecular weight is 301 g/mol. The first-order chi connectivity index (χ1) is 8.86. The second-order valence-corrected chi connectivity index (χ2v) is 5.53. The van der Waals surface area contributed by atoms with Gasteiger partial charge >= 0.3 is 5.97 Å². The Balaban J connectivity index is 2.48. The molecule has 1 N–H and O–H groups in total. The van der Waals surface area contributed by atoms with Crippen LogP contribution in [-0.4, -0.2) is 22.5 Å². The number of rotatable bonds is 3. The van der Waals surface area contributed by atoms with Crippen LogP contribution in [0.1, 0.15) is 26.6 Å². The van der Waals surface area contributed by atoms with E-state index in [1.165, 1.54) is 0 Å². The number of esters is 1. The topological polar surface area (TPSA) is 55.0 Å². The molecule has 1 heterocycles. The Labute approximate surface area is 121 Å². The number of halogens is 2. The minimum atomic E-state index is -0.853. The fourth-order valence-corrected chi connectivity index (χ4v) is 2.03. The summed E-state index contributed by atoms with van der Waals surface area (Å²) < 4.78 is 5.05. The number of hydrogen-bond donors (Lipinski definition) is 1. The van der Waals surface area contributed by atoms with E-state index in [9.17, 15) is 4.79 Å². The summed E-state index contributed by atoms with van der Waals surface area (Å²) in [5.74, 6) is 0.200. The number of aromatic nitrogens is 2. The molecule has 102 valence electrons. The molecular formula is C13H14Cl2N2O2. The van der Waals surface area contributed by atoms with Gasteiger partial charge in [-0.2, -0.15) is 0 Å². The van der Waals surface area contributed by atoms with E-state index in [0.717, 1.165) is 5.52 Å². The van der Waals surface area contributed by atoms with Crippen LogP contribution in [0.15, 0.2) is 12.1 Å². The SMILES string of the molecule is CCOC(=O)C(C)(C)c1nc2cc(Cl)c(Cl)cc2[nH]1. The highest BCUT2D eigenvalue weighted by Crippen LogP contribution is 2.30. The molecule has 0 unspecified atom stereocenters. The van der Waals surface area contributed by atoms with Gasteiger partial charge in [0.05, 0.1) is 27.7 Å². The number of fused-ring (bicyclic) bond motifs is 1. The van der Waals surface area contributed by atoms with Crippen molar-refractivity contribution in [3.63, 3.8) is 0 Å². The molecule has 0 aliphatic rings. The summed E-state index contributed by atoms with van der Waals surface area (Å²) in [6.07, 6.45) is 0. The van der Waals surface area contributed by atoms with Gasteiger partial charge in [-0.3, -0.25) is 4.79 Å². The summed E-state index contributed by atoms with van der Waals surface area (Å²) in [7, 11) is 0. The molecule has 0 saturated carbocycles. The highest BCUT2D eigenvalue weighted by molar-refractivity contribution is 6.42. The molecule has 0 spiro atoms. The molecule has 4 nitrogen and oxygen atoms in total. The predicted octanol–water partition coefficient (Wildman–Crippen LogP) is 3.71. The lowest BCUT2D eigenvalue weighted by Crippen LogP contribution is -2.32. The van der Waals surface area contributed by atoms with Gasteiger partial charge in [0.1, 0.15) is 11.2 Å². The molecule has 0 atom stereocenters. The van der Waals surface area contributed by atoms with Crippen LogP contribution in [0.25, 0.3) is 11.0 Å². The van der Waals surface area contributed by atoms with Crippen molar-refractivity contribution >= 4 is 40.2 Å². The Morgan fingerprint density at radius 3 is 2.63 bits per heavy atom. The first-order valence-electron chi connectivity index (χ1n) is 5.88.